The van der Waals surface area contributed by atoms with Gasteiger partial charge in [-0.15, -0.1) is 5.10 Å². The van der Waals surface area contributed by atoms with Crippen molar-refractivity contribution in [2.75, 3.05) is 6.61 Å². The molecule has 0 bridgehead atoms. The number of rotatable bonds is 4. The molecule has 0 radical (unpaired) electrons. The number of aliphatic hydroxyl groups is 1. The van der Waals surface area contributed by atoms with Crippen molar-refractivity contribution < 1.29 is 5.11 Å². The van der Waals surface area contributed by atoms with Crippen LogP contribution in [0.25, 0.3) is 11.5 Å². The molecule has 0 amide bonds. The van der Waals surface area contributed by atoms with Crippen LogP contribution in [-0.2, 0) is 6.54 Å². The van der Waals surface area contributed by atoms with E-state index < -0.39 is 0 Å². The van der Waals surface area contributed by atoms with Gasteiger partial charge in [0.1, 0.15) is 5.69 Å². The molecule has 0 aliphatic carbocycles. The monoisotopic (exact) mass is 205 g/mol. The average molecular weight is 205 g/mol. The number of aliphatic hydroxyl groups excluding tert-OH is 1. The second kappa shape index (κ2) is 4.61. The van der Waals surface area contributed by atoms with E-state index in [1.54, 1.807) is 10.9 Å². The summed E-state index contributed by atoms with van der Waals surface area (Å²) in [6, 6.07) is 5.57. The zero-order chi connectivity index (χ0) is 10.5. The average Bonchev–Trinajstić information content (AvgIpc) is 2.75. The van der Waals surface area contributed by atoms with Gasteiger partial charge in [0, 0.05) is 19.3 Å². The Bertz CT molecular complexity index is 413. The van der Waals surface area contributed by atoms with Crippen LogP contribution >= 0.6 is 0 Å². The molecule has 6 heteroatoms. The van der Waals surface area contributed by atoms with E-state index in [0.29, 0.717) is 18.8 Å². The summed E-state index contributed by atoms with van der Waals surface area (Å²) in [6.07, 6.45) is 2.32. The van der Waals surface area contributed by atoms with Gasteiger partial charge in [0.05, 0.1) is 0 Å². The zero-order valence-electron chi connectivity index (χ0n) is 8.11. The van der Waals surface area contributed by atoms with Crippen molar-refractivity contribution in [2.45, 2.75) is 13.0 Å². The summed E-state index contributed by atoms with van der Waals surface area (Å²) in [4.78, 5) is 4.16. The molecule has 0 unspecified atom stereocenters. The minimum atomic E-state index is 0.127. The van der Waals surface area contributed by atoms with Gasteiger partial charge in [-0.05, 0) is 29.0 Å². The van der Waals surface area contributed by atoms with Crippen molar-refractivity contribution in [1.29, 1.82) is 0 Å². The van der Waals surface area contributed by atoms with Gasteiger partial charge in [0.2, 0.25) is 5.82 Å². The molecule has 0 saturated heterocycles. The normalized spacial score (nSPS) is 10.5. The highest BCUT2D eigenvalue weighted by atomic mass is 16.3. The van der Waals surface area contributed by atoms with Gasteiger partial charge in [-0.3, -0.25) is 4.98 Å². The van der Waals surface area contributed by atoms with Crippen LogP contribution in [0, 0.1) is 0 Å². The van der Waals surface area contributed by atoms with Crippen LogP contribution in [-0.4, -0.2) is 36.9 Å². The number of aromatic nitrogens is 5. The Balaban J connectivity index is 2.25. The van der Waals surface area contributed by atoms with Crippen LogP contribution in [0.2, 0.25) is 0 Å². The molecule has 1 N–H and O–H groups in total. The minimum absolute atomic E-state index is 0.127. The maximum absolute atomic E-state index is 8.73. The molecule has 6 nitrogen and oxygen atoms in total. The smallest absolute Gasteiger partial charge is 0.200 e. The van der Waals surface area contributed by atoms with Gasteiger partial charge in [-0.25, -0.2) is 4.68 Å². The molecule has 2 aromatic rings. The molecular formula is C9H11N5O. The second-order valence-corrected chi connectivity index (χ2v) is 3.02. The molecule has 0 aliphatic heterocycles. The first-order valence-corrected chi connectivity index (χ1v) is 4.70. The first-order valence-electron chi connectivity index (χ1n) is 4.70. The maximum atomic E-state index is 8.73. The van der Waals surface area contributed by atoms with Gasteiger partial charge < -0.3 is 5.11 Å². The lowest BCUT2D eigenvalue weighted by atomic mass is 10.3. The molecule has 2 aromatic heterocycles. The third kappa shape index (κ3) is 2.16. The quantitative estimate of drug-likeness (QED) is 0.767. The first-order chi connectivity index (χ1) is 7.42. The number of pyridine rings is 1. The van der Waals surface area contributed by atoms with E-state index in [4.69, 9.17) is 5.11 Å². The molecule has 0 atom stereocenters. The molecule has 0 aromatic carbocycles. The van der Waals surface area contributed by atoms with Crippen molar-refractivity contribution in [3.8, 4) is 11.5 Å². The predicted molar refractivity (Wildman–Crippen MR) is 52.8 cm³/mol. The summed E-state index contributed by atoms with van der Waals surface area (Å²) in [6.45, 7) is 0.719. The molecular weight excluding hydrogens is 194 g/mol. The summed E-state index contributed by atoms with van der Waals surface area (Å²) in [5.41, 5.74) is 0.737. The Morgan fingerprint density at radius 3 is 3.00 bits per heavy atom. The van der Waals surface area contributed by atoms with Gasteiger partial charge in [0.25, 0.3) is 0 Å². The fraction of sp³-hybridized carbons (Fsp3) is 0.333. The van der Waals surface area contributed by atoms with E-state index >= 15 is 0 Å². The summed E-state index contributed by atoms with van der Waals surface area (Å²) in [5.74, 6) is 0.629. The number of nitrogens with zero attached hydrogens (tertiary/aromatic N) is 5. The van der Waals surface area contributed by atoms with Crippen LogP contribution in [0.4, 0.5) is 0 Å². The van der Waals surface area contributed by atoms with E-state index in [0.717, 1.165) is 5.69 Å². The number of tetrazole rings is 1. The van der Waals surface area contributed by atoms with Gasteiger partial charge in [-0.2, -0.15) is 0 Å². The van der Waals surface area contributed by atoms with Gasteiger partial charge in [-0.1, -0.05) is 6.07 Å². The Morgan fingerprint density at radius 1 is 1.33 bits per heavy atom. The van der Waals surface area contributed by atoms with Crippen molar-refractivity contribution in [3.63, 3.8) is 0 Å². The Labute approximate surface area is 86.6 Å². The van der Waals surface area contributed by atoms with E-state index in [9.17, 15) is 0 Å². The molecule has 15 heavy (non-hydrogen) atoms. The van der Waals surface area contributed by atoms with E-state index in [2.05, 4.69) is 20.5 Å². The topological polar surface area (TPSA) is 76.7 Å². The summed E-state index contributed by atoms with van der Waals surface area (Å²) in [7, 11) is 0. The van der Waals surface area contributed by atoms with Gasteiger partial charge >= 0.3 is 0 Å². The van der Waals surface area contributed by atoms with Crippen molar-refractivity contribution in [1.82, 2.24) is 25.2 Å². The lowest BCUT2D eigenvalue weighted by molar-refractivity contribution is 0.276. The van der Waals surface area contributed by atoms with E-state index in [1.807, 2.05) is 18.2 Å². The van der Waals surface area contributed by atoms with Crippen molar-refractivity contribution >= 4 is 0 Å². The molecule has 0 saturated carbocycles. The fourth-order valence-electron chi connectivity index (χ4n) is 1.25. The summed E-state index contributed by atoms with van der Waals surface area (Å²) in [5, 5.41) is 20.1. The molecule has 2 rings (SSSR count). The molecule has 0 aliphatic rings. The molecule has 0 spiro atoms. The zero-order valence-corrected chi connectivity index (χ0v) is 8.11. The maximum Gasteiger partial charge on any atom is 0.200 e. The Hall–Kier alpha value is -1.82. The van der Waals surface area contributed by atoms with Crippen LogP contribution in [0.15, 0.2) is 24.4 Å². The highest BCUT2D eigenvalue weighted by molar-refractivity contribution is 5.47. The SMILES string of the molecule is OCCCn1nnnc1-c1ccccn1. The number of hydrogen-bond donors (Lipinski definition) is 1. The number of hydrogen-bond acceptors (Lipinski definition) is 5. The van der Waals surface area contributed by atoms with Crippen LogP contribution < -0.4 is 0 Å². The first kappa shape index (κ1) is 9.72. The minimum Gasteiger partial charge on any atom is -0.396 e. The summed E-state index contributed by atoms with van der Waals surface area (Å²) >= 11 is 0. The van der Waals surface area contributed by atoms with Gasteiger partial charge in [0.15, 0.2) is 0 Å². The van der Waals surface area contributed by atoms with Crippen molar-refractivity contribution in [3.05, 3.63) is 24.4 Å². The molecule has 78 valence electrons. The highest BCUT2D eigenvalue weighted by Gasteiger charge is 2.08. The number of aryl methyl sites for hydroxylation is 1. The lowest BCUT2D eigenvalue weighted by Crippen LogP contribution is -2.05. The van der Waals surface area contributed by atoms with E-state index in [1.165, 1.54) is 0 Å². The van der Waals surface area contributed by atoms with Crippen molar-refractivity contribution in [2.24, 2.45) is 0 Å². The lowest BCUT2D eigenvalue weighted by Gasteiger charge is -2.01. The molecule has 2 heterocycles. The largest absolute Gasteiger partial charge is 0.396 e. The second-order valence-electron chi connectivity index (χ2n) is 3.02. The third-order valence-corrected chi connectivity index (χ3v) is 1.95. The molecule has 0 fully saturated rings. The Morgan fingerprint density at radius 2 is 2.27 bits per heavy atom. The standard InChI is InChI=1S/C9H11N5O/c15-7-3-6-14-9(11-12-13-14)8-4-1-2-5-10-8/h1-2,4-5,15H,3,6-7H2. The predicted octanol–water partition coefficient (Wildman–Crippen LogP) is 0.117. The Kier molecular flexibility index (Phi) is 2.99. The fourth-order valence-corrected chi connectivity index (χ4v) is 1.25. The third-order valence-electron chi connectivity index (χ3n) is 1.95. The van der Waals surface area contributed by atoms with Crippen LogP contribution in [0.3, 0.4) is 0 Å². The van der Waals surface area contributed by atoms with E-state index in [-0.39, 0.29) is 6.61 Å². The van der Waals surface area contributed by atoms with Crippen LogP contribution in [0.1, 0.15) is 6.42 Å². The van der Waals surface area contributed by atoms with Crippen LogP contribution in [0.5, 0.6) is 0 Å². The summed E-state index contributed by atoms with van der Waals surface area (Å²) < 4.78 is 1.64. The highest BCUT2D eigenvalue weighted by Crippen LogP contribution is 2.11.